The van der Waals surface area contributed by atoms with Crippen molar-refractivity contribution in [3.8, 4) is 0 Å². The van der Waals surface area contributed by atoms with Crippen molar-refractivity contribution < 1.29 is 8.42 Å². The standard InChI is InChI=1S/C11H17N3O2S.ClH/c12-6-7-13-17(15,16)14-8-5-10-3-1-2-4-11(10)9-14;/h1-4,13H,5-9,12H2;1H. The molecule has 7 heteroatoms. The first kappa shape index (κ1) is 15.4. The number of nitrogens with zero attached hydrogens (tertiary/aromatic N) is 1. The molecule has 0 saturated heterocycles. The topological polar surface area (TPSA) is 75.4 Å². The summed E-state index contributed by atoms with van der Waals surface area (Å²) in [5.41, 5.74) is 7.61. The van der Waals surface area contributed by atoms with Crippen molar-refractivity contribution in [2.45, 2.75) is 13.0 Å². The third kappa shape index (κ3) is 3.43. The molecule has 0 atom stereocenters. The van der Waals surface area contributed by atoms with E-state index in [1.807, 2.05) is 24.3 Å². The third-order valence-electron chi connectivity index (χ3n) is 2.86. The smallest absolute Gasteiger partial charge is 0.279 e. The lowest BCUT2D eigenvalue weighted by Gasteiger charge is -2.27. The predicted octanol–water partition coefficient (Wildman–Crippen LogP) is 0.260. The van der Waals surface area contributed by atoms with Crippen molar-refractivity contribution in [2.24, 2.45) is 5.73 Å². The van der Waals surface area contributed by atoms with Gasteiger partial charge in [-0.05, 0) is 17.5 Å². The average molecular weight is 292 g/mol. The molecule has 0 saturated carbocycles. The van der Waals surface area contributed by atoms with Gasteiger partial charge in [-0.25, -0.2) is 4.72 Å². The summed E-state index contributed by atoms with van der Waals surface area (Å²) in [5, 5.41) is 0. The van der Waals surface area contributed by atoms with Crippen LogP contribution in [-0.4, -0.2) is 32.4 Å². The largest absolute Gasteiger partial charge is 0.329 e. The summed E-state index contributed by atoms with van der Waals surface area (Å²) in [5.74, 6) is 0. The third-order valence-corrected chi connectivity index (χ3v) is 4.42. The zero-order valence-corrected chi connectivity index (χ0v) is 11.6. The second kappa shape index (κ2) is 6.49. The minimum atomic E-state index is -3.38. The molecular formula is C11H18ClN3O2S. The van der Waals surface area contributed by atoms with E-state index < -0.39 is 10.2 Å². The van der Waals surface area contributed by atoms with Crippen LogP contribution in [0.25, 0.3) is 0 Å². The quantitative estimate of drug-likeness (QED) is 0.835. The minimum Gasteiger partial charge on any atom is -0.329 e. The Morgan fingerprint density at radius 2 is 1.94 bits per heavy atom. The SMILES string of the molecule is Cl.NCCNS(=O)(=O)N1CCc2ccccc2C1. The molecule has 1 aromatic carbocycles. The number of hydrogen-bond donors (Lipinski definition) is 2. The number of benzene rings is 1. The molecule has 1 aliphatic rings. The maximum Gasteiger partial charge on any atom is 0.279 e. The van der Waals surface area contributed by atoms with Crippen molar-refractivity contribution in [3.05, 3.63) is 35.4 Å². The van der Waals surface area contributed by atoms with E-state index in [4.69, 9.17) is 5.73 Å². The van der Waals surface area contributed by atoms with Crippen LogP contribution in [0.15, 0.2) is 24.3 Å². The summed E-state index contributed by atoms with van der Waals surface area (Å²) in [4.78, 5) is 0. The predicted molar refractivity (Wildman–Crippen MR) is 73.8 cm³/mol. The Balaban J connectivity index is 0.00000162. The van der Waals surface area contributed by atoms with Crippen LogP contribution in [0, 0.1) is 0 Å². The van der Waals surface area contributed by atoms with Gasteiger partial charge in [-0.2, -0.15) is 12.7 Å². The van der Waals surface area contributed by atoms with Gasteiger partial charge in [0.1, 0.15) is 0 Å². The number of rotatable bonds is 4. The number of nitrogens with one attached hydrogen (secondary N) is 1. The van der Waals surface area contributed by atoms with Gasteiger partial charge in [-0.3, -0.25) is 0 Å². The molecular weight excluding hydrogens is 274 g/mol. The lowest BCUT2D eigenvalue weighted by Crippen LogP contribution is -2.44. The van der Waals surface area contributed by atoms with Gasteiger partial charge in [0.05, 0.1) is 0 Å². The molecule has 0 amide bonds. The fraction of sp³-hybridized carbons (Fsp3) is 0.455. The van der Waals surface area contributed by atoms with Crippen LogP contribution < -0.4 is 10.5 Å². The summed E-state index contributed by atoms with van der Waals surface area (Å²) in [7, 11) is -3.38. The fourth-order valence-electron chi connectivity index (χ4n) is 1.95. The number of hydrogen-bond acceptors (Lipinski definition) is 3. The first-order valence-corrected chi connectivity index (χ1v) is 7.09. The van der Waals surface area contributed by atoms with Gasteiger partial charge >= 0.3 is 0 Å². The summed E-state index contributed by atoms with van der Waals surface area (Å²) < 4.78 is 27.8. The van der Waals surface area contributed by atoms with Crippen LogP contribution in [0.3, 0.4) is 0 Å². The maximum atomic E-state index is 11.9. The molecule has 18 heavy (non-hydrogen) atoms. The number of halogens is 1. The highest BCUT2D eigenvalue weighted by Crippen LogP contribution is 2.19. The molecule has 0 radical (unpaired) electrons. The molecule has 0 aliphatic carbocycles. The Morgan fingerprint density at radius 3 is 2.61 bits per heavy atom. The molecule has 1 aromatic rings. The molecule has 2 rings (SSSR count). The van der Waals surface area contributed by atoms with E-state index in [0.717, 1.165) is 12.0 Å². The Bertz CT molecular complexity index is 493. The number of nitrogens with two attached hydrogens (primary N) is 1. The maximum absolute atomic E-state index is 11.9. The van der Waals surface area contributed by atoms with Gasteiger partial charge < -0.3 is 5.73 Å². The van der Waals surface area contributed by atoms with Crippen molar-refractivity contribution in [3.63, 3.8) is 0 Å². The average Bonchev–Trinajstić information content (AvgIpc) is 2.36. The van der Waals surface area contributed by atoms with E-state index in [0.29, 0.717) is 19.6 Å². The first-order valence-electron chi connectivity index (χ1n) is 5.65. The highest BCUT2D eigenvalue weighted by molar-refractivity contribution is 7.87. The second-order valence-electron chi connectivity index (χ2n) is 4.04. The number of fused-ring (bicyclic) bond motifs is 1. The van der Waals surface area contributed by atoms with E-state index in [1.54, 1.807) is 0 Å². The molecule has 1 aliphatic heterocycles. The van der Waals surface area contributed by atoms with Gasteiger partial charge in [0.25, 0.3) is 10.2 Å². The Kier molecular flexibility index (Phi) is 5.55. The van der Waals surface area contributed by atoms with Crippen LogP contribution in [-0.2, 0) is 23.2 Å². The first-order chi connectivity index (χ1) is 8.13. The van der Waals surface area contributed by atoms with Crippen LogP contribution >= 0.6 is 12.4 Å². The Morgan fingerprint density at radius 1 is 1.28 bits per heavy atom. The molecule has 0 unspecified atom stereocenters. The molecule has 1 heterocycles. The van der Waals surface area contributed by atoms with Gasteiger partial charge in [0.2, 0.25) is 0 Å². The van der Waals surface area contributed by atoms with Crippen molar-refractivity contribution in [1.29, 1.82) is 0 Å². The molecule has 3 N–H and O–H groups in total. The van der Waals surface area contributed by atoms with Gasteiger partial charge in [-0.15, -0.1) is 12.4 Å². The van der Waals surface area contributed by atoms with E-state index in [2.05, 4.69) is 4.72 Å². The van der Waals surface area contributed by atoms with E-state index >= 15 is 0 Å². The van der Waals surface area contributed by atoms with Crippen LogP contribution in [0.2, 0.25) is 0 Å². The summed E-state index contributed by atoms with van der Waals surface area (Å²) >= 11 is 0. The van der Waals surface area contributed by atoms with E-state index in [9.17, 15) is 8.42 Å². The summed E-state index contributed by atoms with van der Waals surface area (Å²) in [6.07, 6.45) is 0.764. The molecule has 0 bridgehead atoms. The Hall–Kier alpha value is -0.660. The molecule has 0 spiro atoms. The zero-order chi connectivity index (χ0) is 12.3. The van der Waals surface area contributed by atoms with Crippen molar-refractivity contribution in [2.75, 3.05) is 19.6 Å². The highest BCUT2D eigenvalue weighted by Gasteiger charge is 2.25. The lowest BCUT2D eigenvalue weighted by atomic mass is 10.0. The lowest BCUT2D eigenvalue weighted by molar-refractivity contribution is 0.384. The molecule has 0 aromatic heterocycles. The Labute approximate surface area is 114 Å². The molecule has 0 fully saturated rings. The summed E-state index contributed by atoms with van der Waals surface area (Å²) in [6.45, 7) is 1.55. The van der Waals surface area contributed by atoms with Crippen LogP contribution in [0.4, 0.5) is 0 Å². The van der Waals surface area contributed by atoms with Gasteiger partial charge in [0.15, 0.2) is 0 Å². The van der Waals surface area contributed by atoms with Crippen LogP contribution in [0.1, 0.15) is 11.1 Å². The monoisotopic (exact) mass is 291 g/mol. The normalized spacial score (nSPS) is 15.8. The fourth-order valence-corrected chi connectivity index (χ4v) is 3.15. The second-order valence-corrected chi connectivity index (χ2v) is 5.80. The molecule has 102 valence electrons. The molecule has 5 nitrogen and oxygen atoms in total. The van der Waals surface area contributed by atoms with E-state index in [1.165, 1.54) is 9.87 Å². The van der Waals surface area contributed by atoms with Gasteiger partial charge in [0, 0.05) is 26.2 Å². The van der Waals surface area contributed by atoms with Crippen molar-refractivity contribution >= 4 is 22.6 Å². The van der Waals surface area contributed by atoms with Crippen LogP contribution in [0.5, 0.6) is 0 Å². The zero-order valence-electron chi connectivity index (χ0n) is 10.0. The van der Waals surface area contributed by atoms with E-state index in [-0.39, 0.29) is 19.0 Å². The summed E-state index contributed by atoms with van der Waals surface area (Å²) in [6, 6.07) is 7.93. The highest BCUT2D eigenvalue weighted by atomic mass is 35.5. The van der Waals surface area contributed by atoms with Crippen molar-refractivity contribution in [1.82, 2.24) is 9.03 Å². The minimum absolute atomic E-state index is 0. The van der Waals surface area contributed by atoms with Gasteiger partial charge in [-0.1, -0.05) is 24.3 Å².